The number of piperidine rings is 1. The van der Waals surface area contributed by atoms with Crippen LogP contribution in [0.4, 0.5) is 0 Å². The number of methoxy groups -OCH3 is 1. The number of likely N-dealkylation sites (tertiary alicyclic amines) is 1. The third-order valence-electron chi connectivity index (χ3n) is 3.91. The summed E-state index contributed by atoms with van der Waals surface area (Å²) in [5, 5.41) is 3.64. The molecule has 2 aliphatic rings. The maximum atomic E-state index is 5.48. The molecule has 2 unspecified atom stereocenters. The number of likely N-dealkylation sites (N-methyl/N-ethyl adjacent to an activating group) is 1. The molecule has 1 heterocycles. The molecular weight excluding hydrogens is 200 g/mol. The van der Waals surface area contributed by atoms with Gasteiger partial charge in [-0.15, -0.1) is 0 Å². The Morgan fingerprint density at radius 3 is 2.81 bits per heavy atom. The predicted molar refractivity (Wildman–Crippen MR) is 66.7 cm³/mol. The molecule has 2 rings (SSSR count). The summed E-state index contributed by atoms with van der Waals surface area (Å²) in [6.07, 6.45) is 5.86. The van der Waals surface area contributed by atoms with Gasteiger partial charge in [-0.05, 0) is 44.7 Å². The quantitative estimate of drug-likeness (QED) is 0.742. The summed E-state index contributed by atoms with van der Waals surface area (Å²) in [7, 11) is 1.84. The summed E-state index contributed by atoms with van der Waals surface area (Å²) in [4.78, 5) is 2.59. The van der Waals surface area contributed by atoms with Crippen molar-refractivity contribution in [2.75, 3.05) is 33.3 Å². The van der Waals surface area contributed by atoms with Crippen LogP contribution in [0.25, 0.3) is 0 Å². The Morgan fingerprint density at radius 2 is 2.19 bits per heavy atom. The van der Waals surface area contributed by atoms with Gasteiger partial charge in [-0.2, -0.15) is 0 Å². The lowest BCUT2D eigenvalue weighted by atomic mass is 10.1. The van der Waals surface area contributed by atoms with Crippen molar-refractivity contribution in [2.24, 2.45) is 5.92 Å². The van der Waals surface area contributed by atoms with Crippen molar-refractivity contribution in [3.05, 3.63) is 0 Å². The number of hydrogen-bond acceptors (Lipinski definition) is 3. The topological polar surface area (TPSA) is 24.5 Å². The molecule has 0 spiro atoms. The fourth-order valence-electron chi connectivity index (χ4n) is 2.79. The molecular formula is C13H26N2O. The third-order valence-corrected chi connectivity index (χ3v) is 3.91. The molecule has 0 aromatic rings. The second kappa shape index (κ2) is 5.99. The standard InChI is InChI=1S/C13H26N2O/c1-3-14-13(11-6-7-11)10-15-8-4-5-12(9-15)16-2/h11-14H,3-10H2,1-2H3. The van der Waals surface area contributed by atoms with Crippen LogP contribution < -0.4 is 5.32 Å². The monoisotopic (exact) mass is 226 g/mol. The Kier molecular flexibility index (Phi) is 4.62. The van der Waals surface area contributed by atoms with Gasteiger partial charge in [0.15, 0.2) is 0 Å². The first-order chi connectivity index (χ1) is 7.83. The molecule has 1 aliphatic carbocycles. The van der Waals surface area contributed by atoms with Gasteiger partial charge in [0.05, 0.1) is 6.10 Å². The van der Waals surface area contributed by atoms with Crippen molar-refractivity contribution in [1.82, 2.24) is 10.2 Å². The highest BCUT2D eigenvalue weighted by Crippen LogP contribution is 2.33. The minimum atomic E-state index is 0.468. The molecule has 2 atom stereocenters. The highest BCUT2D eigenvalue weighted by Gasteiger charge is 2.32. The normalized spacial score (nSPS) is 29.2. The van der Waals surface area contributed by atoms with Crippen LogP contribution in [0.15, 0.2) is 0 Å². The Bertz CT molecular complexity index is 206. The first kappa shape index (κ1) is 12.3. The molecule has 1 N–H and O–H groups in total. The highest BCUT2D eigenvalue weighted by atomic mass is 16.5. The Balaban J connectivity index is 1.77. The maximum Gasteiger partial charge on any atom is 0.0698 e. The zero-order valence-electron chi connectivity index (χ0n) is 10.7. The van der Waals surface area contributed by atoms with Crippen LogP contribution in [-0.2, 0) is 4.74 Å². The van der Waals surface area contributed by atoms with Gasteiger partial charge in [-0.1, -0.05) is 6.92 Å². The molecule has 0 amide bonds. The second-order valence-corrected chi connectivity index (χ2v) is 5.26. The molecule has 0 radical (unpaired) electrons. The van der Waals surface area contributed by atoms with E-state index in [9.17, 15) is 0 Å². The van der Waals surface area contributed by atoms with E-state index in [0.717, 1.165) is 25.0 Å². The van der Waals surface area contributed by atoms with E-state index in [0.29, 0.717) is 6.10 Å². The highest BCUT2D eigenvalue weighted by molar-refractivity contribution is 4.89. The number of hydrogen-bond donors (Lipinski definition) is 1. The van der Waals surface area contributed by atoms with Crippen molar-refractivity contribution in [3.63, 3.8) is 0 Å². The Morgan fingerprint density at radius 1 is 1.38 bits per heavy atom. The average Bonchev–Trinajstić information content (AvgIpc) is 3.13. The second-order valence-electron chi connectivity index (χ2n) is 5.26. The summed E-state index contributed by atoms with van der Waals surface area (Å²) >= 11 is 0. The minimum absolute atomic E-state index is 0.468. The SMILES string of the molecule is CCNC(CN1CCCC(OC)C1)C1CC1. The fourth-order valence-corrected chi connectivity index (χ4v) is 2.79. The molecule has 3 heteroatoms. The van der Waals surface area contributed by atoms with Crippen LogP contribution in [0.3, 0.4) is 0 Å². The van der Waals surface area contributed by atoms with Crippen molar-refractivity contribution in [3.8, 4) is 0 Å². The van der Waals surface area contributed by atoms with Crippen LogP contribution in [0.1, 0.15) is 32.6 Å². The van der Waals surface area contributed by atoms with Crippen molar-refractivity contribution in [1.29, 1.82) is 0 Å². The minimum Gasteiger partial charge on any atom is -0.380 e. The summed E-state index contributed by atoms with van der Waals surface area (Å²) in [6, 6.07) is 0.723. The molecule has 0 aromatic carbocycles. The van der Waals surface area contributed by atoms with Crippen LogP contribution in [0, 0.1) is 5.92 Å². The summed E-state index contributed by atoms with van der Waals surface area (Å²) in [5.74, 6) is 0.947. The molecule has 3 nitrogen and oxygen atoms in total. The van der Waals surface area contributed by atoms with Gasteiger partial charge in [0.2, 0.25) is 0 Å². The van der Waals surface area contributed by atoms with Crippen LogP contribution in [-0.4, -0.2) is 50.3 Å². The smallest absolute Gasteiger partial charge is 0.0698 e. The molecule has 16 heavy (non-hydrogen) atoms. The van der Waals surface area contributed by atoms with Gasteiger partial charge in [-0.3, -0.25) is 4.90 Å². The Hall–Kier alpha value is -0.120. The largest absolute Gasteiger partial charge is 0.380 e. The summed E-state index contributed by atoms with van der Waals surface area (Å²) in [5.41, 5.74) is 0. The average molecular weight is 226 g/mol. The van der Waals surface area contributed by atoms with Crippen molar-refractivity contribution >= 4 is 0 Å². The van der Waals surface area contributed by atoms with E-state index >= 15 is 0 Å². The van der Waals surface area contributed by atoms with Gasteiger partial charge in [0.25, 0.3) is 0 Å². The molecule has 2 fully saturated rings. The predicted octanol–water partition coefficient (Wildman–Crippen LogP) is 1.49. The first-order valence-electron chi connectivity index (χ1n) is 6.82. The van der Waals surface area contributed by atoms with Gasteiger partial charge in [0.1, 0.15) is 0 Å². The summed E-state index contributed by atoms with van der Waals surface area (Å²) in [6.45, 7) is 6.92. The van der Waals surface area contributed by atoms with Gasteiger partial charge >= 0.3 is 0 Å². The van der Waals surface area contributed by atoms with E-state index in [2.05, 4.69) is 17.1 Å². The van der Waals surface area contributed by atoms with E-state index in [-0.39, 0.29) is 0 Å². The van der Waals surface area contributed by atoms with E-state index in [1.54, 1.807) is 0 Å². The number of nitrogens with zero attached hydrogens (tertiary/aromatic N) is 1. The van der Waals surface area contributed by atoms with E-state index in [1.165, 1.54) is 38.8 Å². The van der Waals surface area contributed by atoms with Crippen LogP contribution in [0.5, 0.6) is 0 Å². The molecule has 1 saturated heterocycles. The number of ether oxygens (including phenoxy) is 1. The fraction of sp³-hybridized carbons (Fsp3) is 1.00. The number of rotatable bonds is 6. The van der Waals surface area contributed by atoms with Gasteiger partial charge in [-0.25, -0.2) is 0 Å². The zero-order chi connectivity index (χ0) is 11.4. The lowest BCUT2D eigenvalue weighted by Gasteiger charge is -2.34. The van der Waals surface area contributed by atoms with E-state index in [1.807, 2.05) is 7.11 Å². The molecule has 0 aromatic heterocycles. The molecule has 0 bridgehead atoms. The molecule has 1 saturated carbocycles. The maximum absolute atomic E-state index is 5.48. The first-order valence-corrected chi connectivity index (χ1v) is 6.82. The Labute approximate surface area is 99.5 Å². The van der Waals surface area contributed by atoms with Crippen molar-refractivity contribution in [2.45, 2.75) is 44.8 Å². The molecule has 94 valence electrons. The lowest BCUT2D eigenvalue weighted by Crippen LogP contribution is -2.47. The van der Waals surface area contributed by atoms with Gasteiger partial charge < -0.3 is 10.1 Å². The van der Waals surface area contributed by atoms with Crippen LogP contribution in [0.2, 0.25) is 0 Å². The summed E-state index contributed by atoms with van der Waals surface area (Å²) < 4.78 is 5.48. The van der Waals surface area contributed by atoms with Gasteiger partial charge in [0, 0.05) is 26.2 Å². The third kappa shape index (κ3) is 3.44. The number of nitrogens with one attached hydrogen (secondary N) is 1. The van der Waals surface area contributed by atoms with Crippen LogP contribution >= 0.6 is 0 Å². The lowest BCUT2D eigenvalue weighted by molar-refractivity contribution is 0.0273. The zero-order valence-corrected chi connectivity index (χ0v) is 10.7. The van der Waals surface area contributed by atoms with E-state index in [4.69, 9.17) is 4.74 Å². The van der Waals surface area contributed by atoms with E-state index < -0.39 is 0 Å². The molecule has 1 aliphatic heterocycles. The van der Waals surface area contributed by atoms with Crippen molar-refractivity contribution < 1.29 is 4.74 Å².